The lowest BCUT2D eigenvalue weighted by atomic mass is 9.99. The number of aliphatic imine (C=N–C) groups is 2. The number of hydrogen-bond acceptors (Lipinski definition) is 6. The fourth-order valence-corrected chi connectivity index (χ4v) is 5.06. The van der Waals surface area contributed by atoms with Gasteiger partial charge in [0, 0.05) is 64.6 Å². The van der Waals surface area contributed by atoms with E-state index in [9.17, 15) is 0 Å². The van der Waals surface area contributed by atoms with Crippen LogP contribution < -0.4 is 4.90 Å². The van der Waals surface area contributed by atoms with E-state index in [0.717, 1.165) is 80.7 Å². The van der Waals surface area contributed by atoms with Gasteiger partial charge >= 0.3 is 0 Å². The van der Waals surface area contributed by atoms with E-state index >= 15 is 0 Å². The lowest BCUT2D eigenvalue weighted by Gasteiger charge is -2.36. The zero-order valence-electron chi connectivity index (χ0n) is 19.6. The molecule has 0 spiro atoms. The highest BCUT2D eigenvalue weighted by Crippen LogP contribution is 2.35. The van der Waals surface area contributed by atoms with Crippen molar-refractivity contribution in [1.82, 2.24) is 9.88 Å². The maximum absolute atomic E-state index is 5.23. The molecule has 0 radical (unpaired) electrons. The van der Waals surface area contributed by atoms with Crippen molar-refractivity contribution in [3.8, 4) is 0 Å². The second-order valence-electron chi connectivity index (χ2n) is 9.16. The molecule has 3 aromatic rings. The number of aromatic nitrogens is 1. The Labute approximate surface area is 200 Å². The van der Waals surface area contributed by atoms with Crippen LogP contribution in [0.1, 0.15) is 22.4 Å². The fourth-order valence-electron chi connectivity index (χ4n) is 5.06. The Bertz CT molecular complexity index is 1260. The van der Waals surface area contributed by atoms with Crippen LogP contribution >= 0.6 is 0 Å². The monoisotopic (exact) mass is 451 g/mol. The summed E-state index contributed by atoms with van der Waals surface area (Å²) in [5.74, 6) is 0. The molecule has 1 saturated heterocycles. The van der Waals surface area contributed by atoms with Crippen molar-refractivity contribution in [2.45, 2.75) is 12.8 Å². The number of pyridine rings is 1. The molecule has 0 bridgehead atoms. The average molecular weight is 452 g/mol. The summed E-state index contributed by atoms with van der Waals surface area (Å²) in [4.78, 5) is 19.2. The Kier molecular flexibility index (Phi) is 5.69. The van der Waals surface area contributed by atoms with E-state index in [2.05, 4.69) is 51.2 Å². The first-order valence-electron chi connectivity index (χ1n) is 12.1. The highest BCUT2D eigenvalue weighted by Gasteiger charge is 2.23. The predicted molar refractivity (Wildman–Crippen MR) is 137 cm³/mol. The van der Waals surface area contributed by atoms with Gasteiger partial charge < -0.3 is 9.64 Å². The number of anilines is 1. The van der Waals surface area contributed by atoms with E-state index in [-0.39, 0.29) is 0 Å². The van der Waals surface area contributed by atoms with Crippen molar-refractivity contribution in [3.05, 3.63) is 83.2 Å². The quantitative estimate of drug-likeness (QED) is 0.564. The molecule has 3 aliphatic rings. The van der Waals surface area contributed by atoms with Crippen molar-refractivity contribution in [2.75, 3.05) is 51.3 Å². The largest absolute Gasteiger partial charge is 0.383 e. The summed E-state index contributed by atoms with van der Waals surface area (Å²) in [5.41, 5.74) is 10.4. The molecule has 34 heavy (non-hydrogen) atoms. The number of hydrogen-bond donors (Lipinski definition) is 0. The van der Waals surface area contributed by atoms with Gasteiger partial charge in [0.25, 0.3) is 0 Å². The second-order valence-corrected chi connectivity index (χ2v) is 9.16. The van der Waals surface area contributed by atoms with Crippen LogP contribution in [-0.2, 0) is 17.6 Å². The summed E-state index contributed by atoms with van der Waals surface area (Å²) in [7, 11) is 1.77. The van der Waals surface area contributed by atoms with Gasteiger partial charge in [0.15, 0.2) is 0 Å². The van der Waals surface area contributed by atoms with Crippen LogP contribution in [0.4, 0.5) is 17.1 Å². The molecular formula is C28H29N5O. The Hall–Kier alpha value is -3.35. The Balaban J connectivity index is 1.13. The van der Waals surface area contributed by atoms with Gasteiger partial charge in [0.2, 0.25) is 0 Å². The SMILES string of the molecule is COCCN1CCN(c2ccc3c(c2)CC(c2ccc4c(c2)CC(c2ccccn2)=N4)=N3)CC1. The van der Waals surface area contributed by atoms with Crippen molar-refractivity contribution in [3.63, 3.8) is 0 Å². The van der Waals surface area contributed by atoms with Crippen LogP contribution in [0.25, 0.3) is 0 Å². The number of benzene rings is 2. The standard InChI is InChI=1S/C28H29N5O/c1-34-15-14-32-10-12-33(13-11-32)23-6-8-25-22(17-23)18-27(30-25)20-5-7-24-21(16-20)19-28(31-24)26-4-2-3-9-29-26/h2-9,16-17H,10-15,18-19H2,1H3. The molecule has 0 N–H and O–H groups in total. The number of fused-ring (bicyclic) bond motifs is 2. The summed E-state index contributed by atoms with van der Waals surface area (Å²) >= 11 is 0. The first kappa shape index (κ1) is 21.2. The maximum atomic E-state index is 5.23. The average Bonchev–Trinajstić information content (AvgIpc) is 3.51. The van der Waals surface area contributed by atoms with Gasteiger partial charge in [-0.05, 0) is 59.2 Å². The molecule has 6 rings (SSSR count). The normalized spacial score (nSPS) is 17.4. The zero-order chi connectivity index (χ0) is 22.9. The molecule has 0 amide bonds. The summed E-state index contributed by atoms with van der Waals surface area (Å²) in [6, 6.07) is 19.3. The van der Waals surface area contributed by atoms with Crippen molar-refractivity contribution < 1.29 is 4.74 Å². The van der Waals surface area contributed by atoms with Gasteiger partial charge in [-0.25, -0.2) is 0 Å². The second kappa shape index (κ2) is 9.12. The molecule has 0 atom stereocenters. The Morgan fingerprint density at radius 3 is 2.38 bits per heavy atom. The summed E-state index contributed by atoms with van der Waals surface area (Å²) in [6.07, 6.45) is 3.52. The number of rotatable bonds is 6. The van der Waals surface area contributed by atoms with Crippen LogP contribution in [0.2, 0.25) is 0 Å². The van der Waals surface area contributed by atoms with E-state index < -0.39 is 0 Å². The Morgan fingerprint density at radius 2 is 1.59 bits per heavy atom. The van der Waals surface area contributed by atoms with E-state index in [0.29, 0.717) is 0 Å². The lowest BCUT2D eigenvalue weighted by Crippen LogP contribution is -2.47. The highest BCUT2D eigenvalue weighted by molar-refractivity contribution is 6.09. The van der Waals surface area contributed by atoms with Gasteiger partial charge in [-0.1, -0.05) is 12.1 Å². The first-order chi connectivity index (χ1) is 16.8. The molecule has 0 unspecified atom stereocenters. The summed E-state index contributed by atoms with van der Waals surface area (Å²) < 4.78 is 5.23. The molecule has 0 saturated carbocycles. The van der Waals surface area contributed by atoms with Crippen molar-refractivity contribution >= 4 is 28.5 Å². The summed E-state index contributed by atoms with van der Waals surface area (Å²) in [6.45, 7) is 6.10. The zero-order valence-corrected chi connectivity index (χ0v) is 19.6. The third-order valence-electron chi connectivity index (χ3n) is 7.01. The van der Waals surface area contributed by atoms with Gasteiger partial charge in [-0.15, -0.1) is 0 Å². The molecular weight excluding hydrogens is 422 g/mol. The summed E-state index contributed by atoms with van der Waals surface area (Å²) in [5, 5.41) is 0. The van der Waals surface area contributed by atoms with Crippen LogP contribution in [-0.4, -0.2) is 67.7 Å². The van der Waals surface area contributed by atoms with E-state index in [1.54, 1.807) is 7.11 Å². The third kappa shape index (κ3) is 4.15. The molecule has 0 aliphatic carbocycles. The molecule has 1 fully saturated rings. The minimum Gasteiger partial charge on any atom is -0.383 e. The molecule has 1 aromatic heterocycles. The molecule has 4 heterocycles. The van der Waals surface area contributed by atoms with E-state index in [1.807, 2.05) is 24.4 Å². The van der Waals surface area contributed by atoms with Crippen LogP contribution in [0, 0.1) is 0 Å². The molecule has 172 valence electrons. The minimum atomic E-state index is 0.804. The number of piperazine rings is 1. The molecule has 6 nitrogen and oxygen atoms in total. The molecule has 6 heteroatoms. The number of nitrogens with zero attached hydrogens (tertiary/aromatic N) is 5. The molecule has 2 aromatic carbocycles. The predicted octanol–water partition coefficient (Wildman–Crippen LogP) is 4.20. The maximum Gasteiger partial charge on any atom is 0.0848 e. The smallest absolute Gasteiger partial charge is 0.0848 e. The van der Waals surface area contributed by atoms with Crippen molar-refractivity contribution in [1.29, 1.82) is 0 Å². The van der Waals surface area contributed by atoms with Gasteiger partial charge in [-0.2, -0.15) is 0 Å². The topological polar surface area (TPSA) is 53.3 Å². The number of ether oxygens (including phenoxy) is 1. The third-order valence-corrected chi connectivity index (χ3v) is 7.01. The van der Waals surface area contributed by atoms with E-state index in [4.69, 9.17) is 14.7 Å². The van der Waals surface area contributed by atoms with Gasteiger partial charge in [-0.3, -0.25) is 19.9 Å². The van der Waals surface area contributed by atoms with Crippen LogP contribution in [0.5, 0.6) is 0 Å². The highest BCUT2D eigenvalue weighted by atomic mass is 16.5. The van der Waals surface area contributed by atoms with E-state index in [1.165, 1.54) is 22.4 Å². The van der Waals surface area contributed by atoms with Gasteiger partial charge in [0.05, 0.1) is 35.1 Å². The van der Waals surface area contributed by atoms with Crippen molar-refractivity contribution in [2.24, 2.45) is 9.98 Å². The lowest BCUT2D eigenvalue weighted by molar-refractivity contribution is 0.144. The Morgan fingerprint density at radius 1 is 0.824 bits per heavy atom. The minimum absolute atomic E-state index is 0.804. The fraction of sp³-hybridized carbons (Fsp3) is 0.321. The molecule has 3 aliphatic heterocycles. The van der Waals surface area contributed by atoms with Gasteiger partial charge in [0.1, 0.15) is 0 Å². The number of methoxy groups -OCH3 is 1. The first-order valence-corrected chi connectivity index (χ1v) is 12.1. The van der Waals surface area contributed by atoms with Crippen LogP contribution in [0.3, 0.4) is 0 Å². The van der Waals surface area contributed by atoms with Crippen LogP contribution in [0.15, 0.2) is 70.8 Å².